The summed E-state index contributed by atoms with van der Waals surface area (Å²) in [5.41, 5.74) is 0.547. The van der Waals surface area contributed by atoms with Gasteiger partial charge in [-0.15, -0.1) is 12.4 Å². The third-order valence-corrected chi connectivity index (χ3v) is 3.66. The lowest BCUT2D eigenvalue weighted by Crippen LogP contribution is -2.29. The van der Waals surface area contributed by atoms with Crippen LogP contribution >= 0.6 is 24.0 Å². The van der Waals surface area contributed by atoms with Gasteiger partial charge in [-0.2, -0.15) is 5.10 Å². The summed E-state index contributed by atoms with van der Waals surface area (Å²) in [5.74, 6) is -3.09. The molecule has 0 spiro atoms. The van der Waals surface area contributed by atoms with Crippen molar-refractivity contribution in [3.05, 3.63) is 47.0 Å². The van der Waals surface area contributed by atoms with Crippen molar-refractivity contribution < 1.29 is 24.2 Å². The molecule has 1 aromatic carbocycles. The summed E-state index contributed by atoms with van der Waals surface area (Å²) in [4.78, 5) is 26.7. The van der Waals surface area contributed by atoms with Crippen molar-refractivity contribution in [3.63, 3.8) is 0 Å². The van der Waals surface area contributed by atoms with Gasteiger partial charge in [0.05, 0.1) is 10.7 Å². The number of nitrogens with one attached hydrogen (secondary N) is 1. The third kappa shape index (κ3) is 3.53. The Kier molecular flexibility index (Phi) is 5.63. The van der Waals surface area contributed by atoms with Crippen molar-refractivity contribution in [1.29, 1.82) is 0 Å². The normalized spacial score (nSPS) is 10.4. The molecular formula is C15H11Cl2FN4O4. The SMILES string of the molecule is Cl.O=C(O)CNC(=O)c1c(O)cc(-c2ccc(F)c(Cl)c2)n2ncnc12. The molecule has 0 radical (unpaired) electrons. The van der Waals surface area contributed by atoms with Crippen molar-refractivity contribution in [2.45, 2.75) is 0 Å². The van der Waals surface area contributed by atoms with Crippen LogP contribution in [-0.4, -0.2) is 43.2 Å². The van der Waals surface area contributed by atoms with E-state index in [1.165, 1.54) is 22.7 Å². The number of carbonyl (C=O) groups is 2. The second kappa shape index (κ2) is 7.54. The highest BCUT2D eigenvalue weighted by Gasteiger charge is 2.21. The number of fused-ring (bicyclic) bond motifs is 1. The van der Waals surface area contributed by atoms with Crippen LogP contribution in [0, 0.1) is 5.82 Å². The lowest BCUT2D eigenvalue weighted by atomic mass is 10.1. The molecule has 2 aromatic heterocycles. The monoisotopic (exact) mass is 400 g/mol. The summed E-state index contributed by atoms with van der Waals surface area (Å²) >= 11 is 5.78. The zero-order chi connectivity index (χ0) is 18.1. The number of carbonyl (C=O) groups excluding carboxylic acids is 1. The molecule has 3 rings (SSSR count). The molecule has 3 N–H and O–H groups in total. The van der Waals surface area contributed by atoms with Gasteiger partial charge in [0, 0.05) is 11.6 Å². The molecule has 26 heavy (non-hydrogen) atoms. The van der Waals surface area contributed by atoms with Gasteiger partial charge in [-0.1, -0.05) is 11.6 Å². The van der Waals surface area contributed by atoms with Crippen LogP contribution in [0.3, 0.4) is 0 Å². The average Bonchev–Trinajstić information content (AvgIpc) is 3.03. The van der Waals surface area contributed by atoms with Gasteiger partial charge < -0.3 is 15.5 Å². The van der Waals surface area contributed by atoms with Crippen LogP contribution in [0.4, 0.5) is 4.39 Å². The van der Waals surface area contributed by atoms with Crippen LogP contribution in [0.15, 0.2) is 30.6 Å². The van der Waals surface area contributed by atoms with Crippen molar-refractivity contribution in [2.75, 3.05) is 6.54 Å². The Morgan fingerprint density at radius 3 is 2.69 bits per heavy atom. The number of carboxylic acid groups (broad SMARTS) is 1. The van der Waals surface area contributed by atoms with Gasteiger partial charge in [0.15, 0.2) is 5.65 Å². The van der Waals surface area contributed by atoms with Crippen LogP contribution in [0.2, 0.25) is 5.02 Å². The van der Waals surface area contributed by atoms with Crippen LogP contribution in [0.1, 0.15) is 10.4 Å². The van der Waals surface area contributed by atoms with E-state index in [4.69, 9.17) is 16.7 Å². The zero-order valence-corrected chi connectivity index (χ0v) is 14.4. The number of pyridine rings is 1. The summed E-state index contributed by atoms with van der Waals surface area (Å²) < 4.78 is 14.6. The summed E-state index contributed by atoms with van der Waals surface area (Å²) in [7, 11) is 0. The number of rotatable bonds is 4. The number of aliphatic carboxylic acids is 1. The topological polar surface area (TPSA) is 117 Å². The molecule has 0 aliphatic rings. The Labute approximate surface area is 156 Å². The van der Waals surface area contributed by atoms with Crippen LogP contribution < -0.4 is 5.32 Å². The summed E-state index contributed by atoms with van der Waals surface area (Å²) in [5, 5.41) is 24.9. The van der Waals surface area contributed by atoms with Crippen molar-refractivity contribution in [2.24, 2.45) is 0 Å². The molecule has 2 heterocycles. The molecule has 3 aromatic rings. The van der Waals surface area contributed by atoms with E-state index in [-0.39, 0.29) is 28.6 Å². The van der Waals surface area contributed by atoms with E-state index in [0.717, 1.165) is 12.4 Å². The second-order valence-corrected chi connectivity index (χ2v) is 5.40. The third-order valence-electron chi connectivity index (χ3n) is 3.37. The molecule has 0 unspecified atom stereocenters. The molecule has 0 fully saturated rings. The number of benzene rings is 1. The van der Waals surface area contributed by atoms with Crippen molar-refractivity contribution >= 4 is 41.5 Å². The van der Waals surface area contributed by atoms with E-state index >= 15 is 0 Å². The van der Waals surface area contributed by atoms with Crippen LogP contribution in [0.25, 0.3) is 16.9 Å². The first-order valence-corrected chi connectivity index (χ1v) is 7.27. The van der Waals surface area contributed by atoms with Crippen LogP contribution in [-0.2, 0) is 4.79 Å². The quantitative estimate of drug-likeness (QED) is 0.617. The van der Waals surface area contributed by atoms with Gasteiger partial charge >= 0.3 is 5.97 Å². The predicted octanol–water partition coefficient (Wildman–Crippen LogP) is 2.13. The van der Waals surface area contributed by atoms with Gasteiger partial charge in [0.1, 0.15) is 30.0 Å². The first kappa shape index (κ1) is 19.4. The smallest absolute Gasteiger partial charge is 0.322 e. The molecule has 0 aliphatic heterocycles. The minimum absolute atomic E-state index is 0. The van der Waals surface area contributed by atoms with Gasteiger partial charge in [-0.25, -0.2) is 13.9 Å². The van der Waals surface area contributed by atoms with E-state index in [1.807, 2.05) is 0 Å². The number of aromatic hydroxyl groups is 1. The standard InChI is InChI=1S/C15H10ClFN4O4.ClH/c16-8-3-7(1-2-9(8)17)10-4-11(22)13(14-19-6-20-21(10)14)15(25)18-5-12(23)24;/h1-4,6,22H,5H2,(H,18,25)(H,23,24);1H. The largest absolute Gasteiger partial charge is 0.507 e. The van der Waals surface area contributed by atoms with Gasteiger partial charge in [0.2, 0.25) is 0 Å². The minimum Gasteiger partial charge on any atom is -0.507 e. The highest BCUT2D eigenvalue weighted by atomic mass is 35.5. The fourth-order valence-corrected chi connectivity index (χ4v) is 2.47. The number of halogens is 3. The Morgan fingerprint density at radius 2 is 2.04 bits per heavy atom. The lowest BCUT2D eigenvalue weighted by Gasteiger charge is -2.11. The molecule has 1 amide bonds. The first-order valence-electron chi connectivity index (χ1n) is 6.89. The maximum Gasteiger partial charge on any atom is 0.322 e. The maximum atomic E-state index is 13.4. The Morgan fingerprint density at radius 1 is 1.31 bits per heavy atom. The van der Waals surface area contributed by atoms with Gasteiger partial charge in [-0.05, 0) is 18.2 Å². The highest BCUT2D eigenvalue weighted by molar-refractivity contribution is 6.31. The van der Waals surface area contributed by atoms with E-state index in [1.54, 1.807) is 0 Å². The molecule has 0 saturated heterocycles. The molecule has 136 valence electrons. The second-order valence-electron chi connectivity index (χ2n) is 4.99. The molecule has 8 nitrogen and oxygen atoms in total. The van der Waals surface area contributed by atoms with E-state index in [9.17, 15) is 19.1 Å². The highest BCUT2D eigenvalue weighted by Crippen LogP contribution is 2.31. The van der Waals surface area contributed by atoms with Crippen molar-refractivity contribution in [1.82, 2.24) is 19.9 Å². The fraction of sp³-hybridized carbons (Fsp3) is 0.0667. The molecule has 11 heteroatoms. The molecular weight excluding hydrogens is 390 g/mol. The van der Waals surface area contributed by atoms with Crippen LogP contribution in [0.5, 0.6) is 5.75 Å². The molecule has 0 aliphatic carbocycles. The van der Waals surface area contributed by atoms with E-state index in [2.05, 4.69) is 15.4 Å². The minimum atomic E-state index is -1.23. The van der Waals surface area contributed by atoms with Gasteiger partial charge in [-0.3, -0.25) is 9.59 Å². The molecule has 0 bridgehead atoms. The number of carboxylic acids is 1. The molecule has 0 atom stereocenters. The first-order chi connectivity index (χ1) is 11.9. The number of hydrogen-bond donors (Lipinski definition) is 3. The number of nitrogens with zero attached hydrogens (tertiary/aromatic N) is 3. The zero-order valence-electron chi connectivity index (χ0n) is 12.8. The maximum absolute atomic E-state index is 13.4. The number of aromatic nitrogens is 3. The number of hydrogen-bond acceptors (Lipinski definition) is 5. The number of amides is 1. The Bertz CT molecular complexity index is 1010. The van der Waals surface area contributed by atoms with E-state index < -0.39 is 30.0 Å². The average molecular weight is 401 g/mol. The van der Waals surface area contributed by atoms with Crippen molar-refractivity contribution in [3.8, 4) is 17.0 Å². The Hall–Kier alpha value is -2.91. The summed E-state index contributed by atoms with van der Waals surface area (Å²) in [6.45, 7) is -0.617. The lowest BCUT2D eigenvalue weighted by molar-refractivity contribution is -0.135. The summed E-state index contributed by atoms with van der Waals surface area (Å²) in [6, 6.07) is 5.17. The predicted molar refractivity (Wildman–Crippen MR) is 92.3 cm³/mol. The summed E-state index contributed by atoms with van der Waals surface area (Å²) in [6.07, 6.45) is 1.16. The van der Waals surface area contributed by atoms with Gasteiger partial charge in [0.25, 0.3) is 5.91 Å². The Balaban J connectivity index is 0.00000243. The fourth-order valence-electron chi connectivity index (χ4n) is 2.29. The van der Waals surface area contributed by atoms with E-state index in [0.29, 0.717) is 11.3 Å². The molecule has 0 saturated carbocycles.